The van der Waals surface area contributed by atoms with Gasteiger partial charge >= 0.3 is 6.01 Å². The van der Waals surface area contributed by atoms with Crippen LogP contribution in [0.4, 0.5) is 5.69 Å². The fourth-order valence-electron chi connectivity index (χ4n) is 1.35. The maximum Gasteiger partial charge on any atom is 0.319 e. The molecule has 0 aliphatic heterocycles. The number of methoxy groups -OCH3 is 2. The molecule has 2 heterocycles. The van der Waals surface area contributed by atoms with Gasteiger partial charge in [0.15, 0.2) is 5.69 Å². The summed E-state index contributed by atoms with van der Waals surface area (Å²) in [4.78, 5) is 19.7. The molecular formula is C11H12N4O4. The van der Waals surface area contributed by atoms with Crippen molar-refractivity contribution in [1.82, 2.24) is 15.1 Å². The number of nitrogens with zero attached hydrogens (tertiary/aromatic N) is 3. The van der Waals surface area contributed by atoms with Crippen LogP contribution >= 0.6 is 0 Å². The molecule has 0 aromatic carbocycles. The lowest BCUT2D eigenvalue weighted by molar-refractivity contribution is 0.101. The van der Waals surface area contributed by atoms with Gasteiger partial charge in [0.1, 0.15) is 11.4 Å². The molecule has 0 atom stereocenters. The monoisotopic (exact) mass is 264 g/mol. The Morgan fingerprint density at radius 3 is 2.74 bits per heavy atom. The van der Waals surface area contributed by atoms with E-state index in [2.05, 4.69) is 20.4 Å². The van der Waals surface area contributed by atoms with E-state index in [0.29, 0.717) is 11.4 Å². The van der Waals surface area contributed by atoms with Gasteiger partial charge in [0.05, 0.1) is 20.4 Å². The fourth-order valence-corrected chi connectivity index (χ4v) is 1.35. The molecule has 1 amide bonds. The van der Waals surface area contributed by atoms with Gasteiger partial charge in [0, 0.05) is 6.07 Å². The van der Waals surface area contributed by atoms with Crippen LogP contribution in [-0.2, 0) is 0 Å². The number of aromatic nitrogens is 3. The van der Waals surface area contributed by atoms with E-state index in [1.165, 1.54) is 26.5 Å². The Morgan fingerprint density at radius 2 is 2.16 bits per heavy atom. The van der Waals surface area contributed by atoms with Crippen LogP contribution in [0.3, 0.4) is 0 Å². The fraction of sp³-hybridized carbons (Fsp3) is 0.273. The van der Waals surface area contributed by atoms with Gasteiger partial charge in [-0.3, -0.25) is 4.79 Å². The number of carbonyl (C=O) groups excluding carboxylic acids is 1. The molecule has 0 aliphatic carbocycles. The molecule has 0 aliphatic rings. The number of nitrogens with one attached hydrogen (secondary N) is 1. The molecule has 0 unspecified atom stereocenters. The highest BCUT2D eigenvalue weighted by Crippen LogP contribution is 2.23. The van der Waals surface area contributed by atoms with Crippen LogP contribution in [0.2, 0.25) is 0 Å². The third kappa shape index (κ3) is 2.79. The second-order valence-electron chi connectivity index (χ2n) is 3.56. The molecular weight excluding hydrogens is 252 g/mol. The number of anilines is 1. The topological polar surface area (TPSA) is 99.4 Å². The third-order valence-corrected chi connectivity index (χ3v) is 2.22. The Bertz CT molecular complexity index is 596. The zero-order valence-corrected chi connectivity index (χ0v) is 10.6. The predicted molar refractivity (Wildman–Crippen MR) is 64.3 cm³/mol. The summed E-state index contributed by atoms with van der Waals surface area (Å²) in [7, 11) is 2.86. The number of amides is 1. The lowest BCUT2D eigenvalue weighted by atomic mass is 10.3. The van der Waals surface area contributed by atoms with E-state index in [0.717, 1.165) is 0 Å². The molecule has 0 saturated heterocycles. The molecule has 8 heteroatoms. The highest BCUT2D eigenvalue weighted by molar-refractivity contribution is 6.03. The van der Waals surface area contributed by atoms with Crippen molar-refractivity contribution < 1.29 is 18.8 Å². The number of ether oxygens (including phenoxy) is 2. The molecule has 0 radical (unpaired) electrons. The molecule has 0 bridgehead atoms. The second kappa shape index (κ2) is 5.34. The number of carbonyl (C=O) groups is 1. The van der Waals surface area contributed by atoms with E-state index < -0.39 is 5.91 Å². The lowest BCUT2D eigenvalue weighted by Gasteiger charge is -2.08. The number of rotatable bonds is 4. The van der Waals surface area contributed by atoms with E-state index in [1.54, 1.807) is 6.92 Å². The Morgan fingerprint density at radius 1 is 1.37 bits per heavy atom. The Balaban J connectivity index is 2.21. The predicted octanol–water partition coefficient (Wildman–Crippen LogP) is 1.04. The molecule has 2 rings (SSSR count). The standard InChI is InChI=1S/C11H12N4O4/c1-6-4-7(15-19-6)9(16)13-8-5-12-11(18-3)14-10(8)17-2/h4-5H,1-3H3,(H,13,16). The van der Waals surface area contributed by atoms with Gasteiger partial charge < -0.3 is 19.3 Å². The van der Waals surface area contributed by atoms with E-state index >= 15 is 0 Å². The minimum atomic E-state index is -0.441. The molecule has 1 N–H and O–H groups in total. The van der Waals surface area contributed by atoms with Gasteiger partial charge in [-0.2, -0.15) is 4.98 Å². The summed E-state index contributed by atoms with van der Waals surface area (Å²) in [5.74, 6) is 0.299. The van der Waals surface area contributed by atoms with Crippen LogP contribution < -0.4 is 14.8 Å². The van der Waals surface area contributed by atoms with E-state index in [9.17, 15) is 4.79 Å². The van der Waals surface area contributed by atoms with Crippen LogP contribution in [0.5, 0.6) is 11.9 Å². The van der Waals surface area contributed by atoms with Crippen molar-refractivity contribution in [2.45, 2.75) is 6.92 Å². The van der Waals surface area contributed by atoms with Crippen molar-refractivity contribution >= 4 is 11.6 Å². The normalized spacial score (nSPS) is 10.1. The molecule has 2 aromatic rings. The SMILES string of the molecule is COc1ncc(NC(=O)c2cc(C)on2)c(OC)n1. The zero-order valence-electron chi connectivity index (χ0n) is 10.6. The second-order valence-corrected chi connectivity index (χ2v) is 3.56. The first-order chi connectivity index (χ1) is 9.13. The van der Waals surface area contributed by atoms with E-state index in [4.69, 9.17) is 14.0 Å². The summed E-state index contributed by atoms with van der Waals surface area (Å²) in [6, 6.07) is 1.67. The van der Waals surface area contributed by atoms with Crippen LogP contribution in [0.1, 0.15) is 16.2 Å². The van der Waals surface area contributed by atoms with Gasteiger partial charge in [-0.1, -0.05) is 5.16 Å². The van der Waals surface area contributed by atoms with E-state index in [-0.39, 0.29) is 17.6 Å². The maximum atomic E-state index is 11.9. The van der Waals surface area contributed by atoms with Crippen molar-refractivity contribution in [3.63, 3.8) is 0 Å². The van der Waals surface area contributed by atoms with Crippen LogP contribution in [0.15, 0.2) is 16.8 Å². The highest BCUT2D eigenvalue weighted by Gasteiger charge is 2.15. The molecule has 0 fully saturated rings. The summed E-state index contributed by atoms with van der Waals surface area (Å²) in [6.45, 7) is 1.70. The van der Waals surface area contributed by atoms with Crippen LogP contribution in [0, 0.1) is 6.92 Å². The van der Waals surface area contributed by atoms with E-state index in [1.807, 2.05) is 0 Å². The minimum Gasteiger partial charge on any atom is -0.479 e. The largest absolute Gasteiger partial charge is 0.479 e. The summed E-state index contributed by atoms with van der Waals surface area (Å²) in [5.41, 5.74) is 0.476. The van der Waals surface area contributed by atoms with Gasteiger partial charge in [-0.05, 0) is 6.92 Å². The Labute approximate surface area is 108 Å². The van der Waals surface area contributed by atoms with Gasteiger partial charge in [-0.15, -0.1) is 0 Å². The highest BCUT2D eigenvalue weighted by atomic mass is 16.5. The van der Waals surface area contributed by atoms with Crippen LogP contribution in [-0.4, -0.2) is 35.3 Å². The van der Waals surface area contributed by atoms with Gasteiger partial charge in [0.25, 0.3) is 5.91 Å². The molecule has 8 nitrogen and oxygen atoms in total. The van der Waals surface area contributed by atoms with Crippen LogP contribution in [0.25, 0.3) is 0 Å². The summed E-state index contributed by atoms with van der Waals surface area (Å²) in [5, 5.41) is 6.18. The molecule has 100 valence electrons. The number of aryl methyl sites for hydroxylation is 1. The molecule has 2 aromatic heterocycles. The van der Waals surface area contributed by atoms with Crippen molar-refractivity contribution in [3.05, 3.63) is 23.7 Å². The van der Waals surface area contributed by atoms with Crippen molar-refractivity contribution in [1.29, 1.82) is 0 Å². The first-order valence-corrected chi connectivity index (χ1v) is 5.33. The van der Waals surface area contributed by atoms with Crippen molar-refractivity contribution in [3.8, 4) is 11.9 Å². The molecule has 19 heavy (non-hydrogen) atoms. The minimum absolute atomic E-state index is 0.145. The first-order valence-electron chi connectivity index (χ1n) is 5.33. The van der Waals surface area contributed by atoms with Gasteiger partial charge in [0.2, 0.25) is 5.88 Å². The summed E-state index contributed by atoms with van der Waals surface area (Å²) >= 11 is 0. The van der Waals surface area contributed by atoms with Crippen molar-refractivity contribution in [2.75, 3.05) is 19.5 Å². The number of hydrogen-bond acceptors (Lipinski definition) is 7. The average molecular weight is 264 g/mol. The van der Waals surface area contributed by atoms with Crippen molar-refractivity contribution in [2.24, 2.45) is 0 Å². The van der Waals surface area contributed by atoms with Gasteiger partial charge in [-0.25, -0.2) is 4.98 Å². The lowest BCUT2D eigenvalue weighted by Crippen LogP contribution is -2.14. The summed E-state index contributed by atoms with van der Waals surface area (Å²) < 4.78 is 14.7. The number of hydrogen-bond donors (Lipinski definition) is 1. The average Bonchev–Trinajstić information content (AvgIpc) is 2.86. The Kier molecular flexibility index (Phi) is 3.60. The smallest absolute Gasteiger partial charge is 0.319 e. The molecule has 0 saturated carbocycles. The summed E-state index contributed by atoms with van der Waals surface area (Å²) in [6.07, 6.45) is 1.38. The first kappa shape index (κ1) is 12.8. The maximum absolute atomic E-state index is 11.9. The third-order valence-electron chi connectivity index (χ3n) is 2.22. The quantitative estimate of drug-likeness (QED) is 0.880. The zero-order chi connectivity index (χ0) is 13.8. The molecule has 0 spiro atoms. The Hall–Kier alpha value is -2.64.